The number of aryl methyl sites for hydroxylation is 2. The molecular weight excluding hydrogens is 288 g/mol. The molecule has 5 nitrogen and oxygen atoms in total. The van der Waals surface area contributed by atoms with Crippen LogP contribution in [0.25, 0.3) is 0 Å². The van der Waals surface area contributed by atoms with Crippen LogP contribution in [-0.2, 0) is 17.9 Å². The third kappa shape index (κ3) is 4.41. The van der Waals surface area contributed by atoms with E-state index in [-0.39, 0.29) is 12.0 Å². The summed E-state index contributed by atoms with van der Waals surface area (Å²) in [6, 6.07) is 3.43. The van der Waals surface area contributed by atoms with Crippen molar-refractivity contribution in [3.63, 3.8) is 0 Å². The zero-order valence-electron chi connectivity index (χ0n) is 12.7. The smallest absolute Gasteiger partial charge is 0.287 e. The second-order valence-corrected chi connectivity index (χ2v) is 6.34. The van der Waals surface area contributed by atoms with Crippen molar-refractivity contribution >= 4 is 17.2 Å². The number of thiazole rings is 1. The minimum Gasteiger partial charge on any atom is -0.453 e. The molecule has 0 atom stereocenters. The number of amides is 1. The van der Waals surface area contributed by atoms with Crippen molar-refractivity contribution in [2.75, 3.05) is 0 Å². The average molecular weight is 308 g/mol. The lowest BCUT2D eigenvalue weighted by Crippen LogP contribution is -2.22. The zero-order valence-corrected chi connectivity index (χ0v) is 13.5. The molecule has 114 valence electrons. The number of carbonyl (C=O) groups excluding carboxylic acids is 1. The Kier molecular flexibility index (Phi) is 5.14. The zero-order chi connectivity index (χ0) is 15.4. The summed E-state index contributed by atoms with van der Waals surface area (Å²) in [6.07, 6.45) is 0.130. The number of hydrogen-bond acceptors (Lipinski definition) is 5. The minimum atomic E-state index is -0.226. The molecule has 6 heteroatoms. The predicted octanol–water partition coefficient (Wildman–Crippen LogP) is 3.21. The van der Waals surface area contributed by atoms with Gasteiger partial charge in [0.2, 0.25) is 0 Å². The van der Waals surface area contributed by atoms with E-state index in [1.54, 1.807) is 23.5 Å². The summed E-state index contributed by atoms with van der Waals surface area (Å²) >= 11 is 1.59. The highest BCUT2D eigenvalue weighted by molar-refractivity contribution is 7.11. The van der Waals surface area contributed by atoms with Crippen molar-refractivity contribution in [1.29, 1.82) is 0 Å². The summed E-state index contributed by atoms with van der Waals surface area (Å²) in [6.45, 7) is 8.65. The van der Waals surface area contributed by atoms with Crippen LogP contribution in [-0.4, -0.2) is 17.0 Å². The second-order valence-electron chi connectivity index (χ2n) is 5.05. The molecule has 2 rings (SSSR count). The highest BCUT2D eigenvalue weighted by Gasteiger charge is 2.13. The SMILES string of the molecule is Cc1nc(C)c(CNC(=O)c2ccc(COC(C)C)o2)s1. The number of nitrogens with one attached hydrogen (secondary N) is 1. The van der Waals surface area contributed by atoms with Crippen molar-refractivity contribution in [1.82, 2.24) is 10.3 Å². The minimum absolute atomic E-state index is 0.130. The fourth-order valence-corrected chi connectivity index (χ4v) is 2.69. The van der Waals surface area contributed by atoms with Gasteiger partial charge in [0.15, 0.2) is 5.76 Å². The van der Waals surface area contributed by atoms with Crippen LogP contribution in [0.4, 0.5) is 0 Å². The molecule has 1 amide bonds. The van der Waals surface area contributed by atoms with Gasteiger partial charge in [-0.05, 0) is 39.8 Å². The second kappa shape index (κ2) is 6.87. The Labute approximate surface area is 128 Å². The molecule has 2 aromatic heterocycles. The summed E-state index contributed by atoms with van der Waals surface area (Å²) in [5.41, 5.74) is 0.961. The van der Waals surface area contributed by atoms with Crippen LogP contribution in [0.1, 0.15) is 45.7 Å². The van der Waals surface area contributed by atoms with Crippen LogP contribution in [0, 0.1) is 13.8 Å². The number of ether oxygens (including phenoxy) is 1. The van der Waals surface area contributed by atoms with E-state index in [4.69, 9.17) is 9.15 Å². The maximum atomic E-state index is 12.0. The van der Waals surface area contributed by atoms with E-state index < -0.39 is 0 Å². The lowest BCUT2D eigenvalue weighted by molar-refractivity contribution is 0.0535. The third-order valence-corrected chi connectivity index (χ3v) is 3.93. The van der Waals surface area contributed by atoms with E-state index in [0.29, 0.717) is 24.7 Å². The van der Waals surface area contributed by atoms with Gasteiger partial charge in [-0.15, -0.1) is 11.3 Å². The maximum absolute atomic E-state index is 12.0. The fourth-order valence-electron chi connectivity index (χ4n) is 1.81. The molecule has 0 saturated heterocycles. The van der Waals surface area contributed by atoms with E-state index >= 15 is 0 Å². The lowest BCUT2D eigenvalue weighted by Gasteiger charge is -2.04. The Morgan fingerprint density at radius 2 is 2.19 bits per heavy atom. The standard InChI is InChI=1S/C15H20N2O3S/c1-9(2)19-8-12-5-6-13(20-12)15(18)16-7-14-10(3)17-11(4)21-14/h5-6,9H,7-8H2,1-4H3,(H,16,18). The molecule has 0 aromatic carbocycles. The maximum Gasteiger partial charge on any atom is 0.287 e. The van der Waals surface area contributed by atoms with Gasteiger partial charge in [-0.3, -0.25) is 4.79 Å². The first kappa shape index (κ1) is 15.7. The third-order valence-electron chi connectivity index (χ3n) is 2.85. The Morgan fingerprint density at radius 3 is 2.81 bits per heavy atom. The summed E-state index contributed by atoms with van der Waals surface area (Å²) in [7, 11) is 0. The van der Waals surface area contributed by atoms with E-state index in [1.807, 2.05) is 27.7 Å². The molecule has 0 unspecified atom stereocenters. The normalized spacial score (nSPS) is 11.1. The first-order chi connectivity index (χ1) is 9.95. The summed E-state index contributed by atoms with van der Waals surface area (Å²) in [4.78, 5) is 17.4. The Balaban J connectivity index is 1.90. The molecule has 0 bridgehead atoms. The molecule has 0 fully saturated rings. The highest BCUT2D eigenvalue weighted by atomic mass is 32.1. The average Bonchev–Trinajstić information content (AvgIpc) is 3.00. The van der Waals surface area contributed by atoms with Crippen LogP contribution in [0.15, 0.2) is 16.5 Å². The monoisotopic (exact) mass is 308 g/mol. The molecule has 1 N–H and O–H groups in total. The highest BCUT2D eigenvalue weighted by Crippen LogP contribution is 2.17. The molecule has 0 spiro atoms. The summed E-state index contributed by atoms with van der Waals surface area (Å²) in [5, 5.41) is 3.85. The number of aromatic nitrogens is 1. The van der Waals surface area contributed by atoms with E-state index in [9.17, 15) is 4.79 Å². The molecule has 0 aliphatic carbocycles. The van der Waals surface area contributed by atoms with Crippen molar-refractivity contribution < 1.29 is 13.9 Å². The van der Waals surface area contributed by atoms with Gasteiger partial charge in [-0.25, -0.2) is 4.98 Å². The van der Waals surface area contributed by atoms with Crippen LogP contribution in [0.2, 0.25) is 0 Å². The molecule has 2 aromatic rings. The lowest BCUT2D eigenvalue weighted by atomic mass is 10.3. The predicted molar refractivity (Wildman–Crippen MR) is 81.4 cm³/mol. The van der Waals surface area contributed by atoms with Crippen molar-refractivity contribution in [2.45, 2.75) is 47.0 Å². The van der Waals surface area contributed by atoms with Crippen LogP contribution >= 0.6 is 11.3 Å². The van der Waals surface area contributed by atoms with Gasteiger partial charge < -0.3 is 14.5 Å². The van der Waals surface area contributed by atoms with Gasteiger partial charge in [0.25, 0.3) is 5.91 Å². The van der Waals surface area contributed by atoms with Gasteiger partial charge in [-0.2, -0.15) is 0 Å². The van der Waals surface area contributed by atoms with Crippen molar-refractivity contribution in [3.05, 3.63) is 39.2 Å². The number of carbonyl (C=O) groups is 1. The van der Waals surface area contributed by atoms with Gasteiger partial charge in [-0.1, -0.05) is 0 Å². The Bertz CT molecular complexity index is 616. The van der Waals surface area contributed by atoms with Gasteiger partial charge >= 0.3 is 0 Å². The van der Waals surface area contributed by atoms with Crippen LogP contribution in [0.3, 0.4) is 0 Å². The molecule has 0 aliphatic rings. The van der Waals surface area contributed by atoms with Crippen LogP contribution in [0.5, 0.6) is 0 Å². The molecule has 0 radical (unpaired) electrons. The first-order valence-corrected chi connectivity index (χ1v) is 7.68. The molecule has 21 heavy (non-hydrogen) atoms. The van der Waals surface area contributed by atoms with Crippen molar-refractivity contribution in [2.24, 2.45) is 0 Å². The molecular formula is C15H20N2O3S. The van der Waals surface area contributed by atoms with Gasteiger partial charge in [0, 0.05) is 4.88 Å². The van der Waals surface area contributed by atoms with Gasteiger partial charge in [0.05, 0.1) is 23.4 Å². The topological polar surface area (TPSA) is 64.4 Å². The number of hydrogen-bond donors (Lipinski definition) is 1. The van der Waals surface area contributed by atoms with Crippen LogP contribution < -0.4 is 5.32 Å². The number of rotatable bonds is 6. The first-order valence-electron chi connectivity index (χ1n) is 6.87. The van der Waals surface area contributed by atoms with Gasteiger partial charge in [0.1, 0.15) is 12.4 Å². The molecule has 0 aliphatic heterocycles. The van der Waals surface area contributed by atoms with E-state index in [1.165, 1.54) is 0 Å². The Morgan fingerprint density at radius 1 is 1.43 bits per heavy atom. The number of furan rings is 1. The van der Waals surface area contributed by atoms with Crippen molar-refractivity contribution in [3.8, 4) is 0 Å². The van der Waals surface area contributed by atoms with E-state index in [0.717, 1.165) is 15.6 Å². The fraction of sp³-hybridized carbons (Fsp3) is 0.467. The van der Waals surface area contributed by atoms with E-state index in [2.05, 4.69) is 10.3 Å². The summed E-state index contributed by atoms with van der Waals surface area (Å²) < 4.78 is 10.9. The number of nitrogens with zero attached hydrogens (tertiary/aromatic N) is 1. The molecule has 2 heterocycles. The summed E-state index contributed by atoms with van der Waals surface area (Å²) in [5.74, 6) is 0.728. The molecule has 0 saturated carbocycles. The Hall–Kier alpha value is -1.66. The largest absolute Gasteiger partial charge is 0.453 e. The quantitative estimate of drug-likeness (QED) is 0.890.